The van der Waals surface area contributed by atoms with Crippen molar-refractivity contribution in [2.75, 3.05) is 6.61 Å². The van der Waals surface area contributed by atoms with E-state index in [4.69, 9.17) is 9.84 Å². The molecule has 1 aromatic rings. The number of aliphatic hydroxyl groups excluding tert-OH is 3. The molecule has 0 radical (unpaired) electrons. The van der Waals surface area contributed by atoms with E-state index in [0.717, 1.165) is 0 Å². The zero-order valence-corrected chi connectivity index (χ0v) is 9.20. The van der Waals surface area contributed by atoms with Crippen LogP contribution in [-0.2, 0) is 4.74 Å². The van der Waals surface area contributed by atoms with E-state index in [-0.39, 0.29) is 11.3 Å². The molecule has 1 aliphatic heterocycles. The summed E-state index contributed by atoms with van der Waals surface area (Å²) in [5, 5.41) is 28.3. The molecule has 1 fully saturated rings. The van der Waals surface area contributed by atoms with Crippen LogP contribution in [0, 0.1) is 6.92 Å². The van der Waals surface area contributed by atoms with Gasteiger partial charge in [-0.25, -0.2) is 4.98 Å². The highest BCUT2D eigenvalue weighted by molar-refractivity contribution is 5.10. The molecule has 17 heavy (non-hydrogen) atoms. The summed E-state index contributed by atoms with van der Waals surface area (Å²) in [6, 6.07) is 0. The van der Waals surface area contributed by atoms with Crippen LogP contribution in [0.15, 0.2) is 11.0 Å². The Balaban J connectivity index is 2.28. The molecule has 7 nitrogen and oxygen atoms in total. The van der Waals surface area contributed by atoms with Crippen LogP contribution < -0.4 is 5.56 Å². The lowest BCUT2D eigenvalue weighted by atomic mass is 10.1. The predicted molar refractivity (Wildman–Crippen MR) is 56.3 cm³/mol. The summed E-state index contributed by atoms with van der Waals surface area (Å²) in [7, 11) is 0. The van der Waals surface area contributed by atoms with Gasteiger partial charge >= 0.3 is 0 Å². The molecule has 1 aliphatic rings. The molecular formula is C10H14N2O5. The van der Waals surface area contributed by atoms with Gasteiger partial charge in [-0.1, -0.05) is 0 Å². The fourth-order valence-electron chi connectivity index (χ4n) is 1.81. The average Bonchev–Trinajstić information content (AvgIpc) is 2.60. The Morgan fingerprint density at radius 2 is 2.18 bits per heavy atom. The minimum atomic E-state index is -1.18. The monoisotopic (exact) mass is 242 g/mol. The average molecular weight is 242 g/mol. The van der Waals surface area contributed by atoms with Crippen molar-refractivity contribution in [3.63, 3.8) is 0 Å². The minimum Gasteiger partial charge on any atom is -0.394 e. The van der Waals surface area contributed by atoms with Crippen LogP contribution in [-0.4, -0.2) is 50.2 Å². The van der Waals surface area contributed by atoms with Crippen LogP contribution in [0.5, 0.6) is 0 Å². The first-order chi connectivity index (χ1) is 8.04. The number of aryl methyl sites for hydroxylation is 1. The second-order valence-corrected chi connectivity index (χ2v) is 4.00. The molecule has 0 bridgehead atoms. The van der Waals surface area contributed by atoms with Gasteiger partial charge in [0.1, 0.15) is 30.1 Å². The van der Waals surface area contributed by atoms with Gasteiger partial charge in [0.25, 0.3) is 5.56 Å². The number of aliphatic hydroxyl groups is 3. The van der Waals surface area contributed by atoms with E-state index in [1.54, 1.807) is 0 Å². The molecule has 0 spiro atoms. The molecule has 0 amide bonds. The predicted octanol–water partition coefficient (Wildman–Crippen LogP) is -1.77. The Morgan fingerprint density at radius 3 is 2.71 bits per heavy atom. The number of hydrogen-bond acceptors (Lipinski definition) is 6. The standard InChI is InChI=1S/C10H14N2O5/c1-4-10(16)11-2-5(12-4)9-8(15)7(14)6(3-13)17-9/h2,6-9,13-15H,3H2,1H3,(H,11,16). The molecular weight excluding hydrogens is 228 g/mol. The van der Waals surface area contributed by atoms with E-state index < -0.39 is 31.0 Å². The number of hydrogen-bond donors (Lipinski definition) is 4. The smallest absolute Gasteiger partial charge is 0.269 e. The fraction of sp³-hybridized carbons (Fsp3) is 0.600. The maximum Gasteiger partial charge on any atom is 0.269 e. The lowest BCUT2D eigenvalue weighted by Gasteiger charge is -2.13. The molecule has 1 aromatic heterocycles. The molecule has 0 saturated carbocycles. The zero-order valence-electron chi connectivity index (χ0n) is 9.20. The first kappa shape index (κ1) is 12.2. The third-order valence-electron chi connectivity index (χ3n) is 2.81. The van der Waals surface area contributed by atoms with Gasteiger partial charge in [0.15, 0.2) is 0 Å². The van der Waals surface area contributed by atoms with Gasteiger partial charge in [0.05, 0.1) is 12.3 Å². The van der Waals surface area contributed by atoms with Crippen molar-refractivity contribution in [2.45, 2.75) is 31.3 Å². The first-order valence-corrected chi connectivity index (χ1v) is 5.23. The molecule has 1 saturated heterocycles. The van der Waals surface area contributed by atoms with Crippen molar-refractivity contribution in [1.82, 2.24) is 9.97 Å². The van der Waals surface area contributed by atoms with Crippen molar-refractivity contribution in [3.8, 4) is 0 Å². The second-order valence-electron chi connectivity index (χ2n) is 4.00. The topological polar surface area (TPSA) is 116 Å². The van der Waals surface area contributed by atoms with Crippen LogP contribution >= 0.6 is 0 Å². The quantitative estimate of drug-likeness (QED) is 0.488. The van der Waals surface area contributed by atoms with Crippen molar-refractivity contribution >= 4 is 0 Å². The Morgan fingerprint density at radius 1 is 1.47 bits per heavy atom. The van der Waals surface area contributed by atoms with Crippen LogP contribution in [0.3, 0.4) is 0 Å². The summed E-state index contributed by atoms with van der Waals surface area (Å²) in [4.78, 5) is 17.6. The number of H-pyrrole nitrogens is 1. The van der Waals surface area contributed by atoms with Crippen molar-refractivity contribution in [1.29, 1.82) is 0 Å². The van der Waals surface area contributed by atoms with Gasteiger partial charge in [-0.2, -0.15) is 0 Å². The molecule has 7 heteroatoms. The maximum atomic E-state index is 11.1. The Bertz CT molecular complexity index is 460. The highest BCUT2D eigenvalue weighted by atomic mass is 16.6. The number of aromatic amines is 1. The molecule has 2 heterocycles. The van der Waals surface area contributed by atoms with Gasteiger partial charge < -0.3 is 25.0 Å². The van der Waals surface area contributed by atoms with Gasteiger partial charge in [-0.15, -0.1) is 0 Å². The Hall–Kier alpha value is -1.28. The minimum absolute atomic E-state index is 0.250. The molecule has 0 aromatic carbocycles. The largest absolute Gasteiger partial charge is 0.394 e. The number of aromatic nitrogens is 2. The summed E-state index contributed by atoms with van der Waals surface area (Å²) >= 11 is 0. The van der Waals surface area contributed by atoms with E-state index in [1.807, 2.05) is 0 Å². The van der Waals surface area contributed by atoms with Gasteiger partial charge in [0, 0.05) is 6.20 Å². The number of nitrogens with one attached hydrogen (secondary N) is 1. The van der Waals surface area contributed by atoms with Crippen LogP contribution in [0.2, 0.25) is 0 Å². The highest BCUT2D eigenvalue weighted by Gasteiger charge is 2.43. The van der Waals surface area contributed by atoms with E-state index in [2.05, 4.69) is 9.97 Å². The van der Waals surface area contributed by atoms with E-state index in [9.17, 15) is 15.0 Å². The normalized spacial score (nSPS) is 32.9. The summed E-state index contributed by atoms with van der Waals surface area (Å²) in [5.74, 6) is 0. The third-order valence-corrected chi connectivity index (χ3v) is 2.81. The lowest BCUT2D eigenvalue weighted by molar-refractivity contribution is -0.0241. The van der Waals surface area contributed by atoms with E-state index in [1.165, 1.54) is 13.1 Å². The Labute approximate surface area is 96.7 Å². The van der Waals surface area contributed by atoms with Crippen LogP contribution in [0.1, 0.15) is 17.5 Å². The molecule has 94 valence electrons. The zero-order chi connectivity index (χ0) is 12.6. The van der Waals surface area contributed by atoms with Crippen molar-refractivity contribution in [2.24, 2.45) is 0 Å². The van der Waals surface area contributed by atoms with Crippen molar-refractivity contribution in [3.05, 3.63) is 27.9 Å². The molecule has 4 N–H and O–H groups in total. The van der Waals surface area contributed by atoms with Crippen LogP contribution in [0.25, 0.3) is 0 Å². The highest BCUT2D eigenvalue weighted by Crippen LogP contribution is 2.31. The Kier molecular flexibility index (Phi) is 3.25. The first-order valence-electron chi connectivity index (χ1n) is 5.23. The molecule has 0 aliphatic carbocycles. The summed E-state index contributed by atoms with van der Waals surface area (Å²) < 4.78 is 5.28. The van der Waals surface area contributed by atoms with Crippen LogP contribution in [0.4, 0.5) is 0 Å². The number of rotatable bonds is 2. The van der Waals surface area contributed by atoms with Gasteiger partial charge in [0.2, 0.25) is 0 Å². The number of nitrogens with zero attached hydrogens (tertiary/aromatic N) is 1. The van der Waals surface area contributed by atoms with Crippen molar-refractivity contribution < 1.29 is 20.1 Å². The molecule has 4 unspecified atom stereocenters. The summed E-state index contributed by atoms with van der Waals surface area (Å²) in [6.07, 6.45) is -2.71. The van der Waals surface area contributed by atoms with Gasteiger partial charge in [-0.05, 0) is 6.92 Å². The van der Waals surface area contributed by atoms with E-state index in [0.29, 0.717) is 5.69 Å². The SMILES string of the molecule is Cc1nc(C2OC(CO)C(O)C2O)c[nH]c1=O. The summed E-state index contributed by atoms with van der Waals surface area (Å²) in [5.41, 5.74) is 0.255. The second kappa shape index (κ2) is 4.53. The van der Waals surface area contributed by atoms with E-state index >= 15 is 0 Å². The fourth-order valence-corrected chi connectivity index (χ4v) is 1.81. The lowest BCUT2D eigenvalue weighted by Crippen LogP contribution is -2.32. The third kappa shape index (κ3) is 2.09. The maximum absolute atomic E-state index is 11.1. The van der Waals surface area contributed by atoms with Gasteiger partial charge in [-0.3, -0.25) is 4.79 Å². The molecule has 2 rings (SSSR count). The molecule has 4 atom stereocenters. The summed E-state index contributed by atoms with van der Waals surface area (Å²) in [6.45, 7) is 1.14. The number of ether oxygens (including phenoxy) is 1.